The van der Waals surface area contributed by atoms with Crippen LogP contribution in [0.1, 0.15) is 303 Å². The minimum Gasteiger partial charge on any atom is -0.756 e. The van der Waals surface area contributed by atoms with Crippen molar-refractivity contribution in [2.24, 2.45) is 0 Å². The third kappa shape index (κ3) is 63.3. The SMILES string of the molecule is CCCCC/C=C\C/C=C\C/C=C\C/C=C\CCCCCCCCCCCCCC(=O)NC(COP(=O)([O-])OCC[N+](C)(C)C)C(/C=C\CCCCCCCCCCC)OC(=O)CCCCCCCC/C=C\C/C=C\C/C=C\CCCCC. The van der Waals surface area contributed by atoms with Crippen LogP contribution in [0.25, 0.3) is 0 Å². The number of phosphoric acid groups is 1. The summed E-state index contributed by atoms with van der Waals surface area (Å²) in [6.45, 7) is 6.78. The predicted molar refractivity (Wildman–Crippen MR) is 358 cm³/mol. The van der Waals surface area contributed by atoms with Crippen LogP contribution in [0.5, 0.6) is 0 Å². The number of unbranched alkanes of at least 4 members (excludes halogenated alkanes) is 32. The molecule has 83 heavy (non-hydrogen) atoms. The Kier molecular flexibility index (Phi) is 59.7. The van der Waals surface area contributed by atoms with Gasteiger partial charge in [0, 0.05) is 12.8 Å². The molecule has 10 heteroatoms. The van der Waals surface area contributed by atoms with Gasteiger partial charge in [0.15, 0.2) is 0 Å². The van der Waals surface area contributed by atoms with Gasteiger partial charge in [0.05, 0.1) is 33.8 Å². The van der Waals surface area contributed by atoms with Crippen LogP contribution < -0.4 is 10.2 Å². The molecule has 3 unspecified atom stereocenters. The number of carbonyl (C=O) groups is 2. The highest BCUT2D eigenvalue weighted by Crippen LogP contribution is 2.38. The normalized spacial score (nSPS) is 14.2. The molecule has 0 saturated carbocycles. The zero-order valence-electron chi connectivity index (χ0n) is 54.9. The van der Waals surface area contributed by atoms with Crippen molar-refractivity contribution < 1.29 is 37.3 Å². The minimum atomic E-state index is -4.71. The molecule has 0 aromatic rings. The van der Waals surface area contributed by atoms with Crippen molar-refractivity contribution >= 4 is 19.7 Å². The zero-order chi connectivity index (χ0) is 60.7. The molecule has 0 fully saturated rings. The van der Waals surface area contributed by atoms with Gasteiger partial charge >= 0.3 is 5.97 Å². The molecule has 0 radical (unpaired) electrons. The second-order valence-electron chi connectivity index (χ2n) is 24.3. The van der Waals surface area contributed by atoms with E-state index in [-0.39, 0.29) is 24.9 Å². The van der Waals surface area contributed by atoms with Crippen LogP contribution in [0.3, 0.4) is 0 Å². The van der Waals surface area contributed by atoms with E-state index in [9.17, 15) is 19.0 Å². The number of phosphoric ester groups is 1. The van der Waals surface area contributed by atoms with Crippen molar-refractivity contribution in [2.45, 2.75) is 315 Å². The number of carbonyl (C=O) groups excluding carboxylic acids is 2. The number of ether oxygens (including phenoxy) is 1. The van der Waals surface area contributed by atoms with Gasteiger partial charge in [-0.05, 0) is 115 Å². The Bertz CT molecular complexity index is 1740. The van der Waals surface area contributed by atoms with E-state index in [2.05, 4.69) is 111 Å². The van der Waals surface area contributed by atoms with Crippen molar-refractivity contribution in [3.05, 3.63) is 97.2 Å². The van der Waals surface area contributed by atoms with Crippen molar-refractivity contribution in [2.75, 3.05) is 40.9 Å². The standard InChI is InChI=1S/C73H131N2O7P/c1-7-10-13-16-19-22-25-27-29-31-33-34-35-36-37-38-39-40-42-43-45-47-50-53-56-59-62-65-72(76)74-70(69-81-83(78,79)80-68-67-75(4,5)6)71(64-61-58-55-52-49-24-21-18-15-12-9-3)82-73(77)66-63-60-57-54-51-48-46-44-41-32-30-28-26-23-20-17-14-11-8-2/h19-20,22-23,27-30,33-34,36-37,41,44,61,64,70-71H,7-18,21,24-26,31-32,35,38-40,42-43,45-60,62-63,65-69H2,1-6H3,(H-,74,76,78,79)/b22-19-,23-20-,29-27-,30-28-,34-33-,37-36-,44-41-,64-61-. The lowest BCUT2D eigenvalue weighted by molar-refractivity contribution is -0.870. The maximum atomic E-state index is 13.6. The van der Waals surface area contributed by atoms with E-state index >= 15 is 0 Å². The number of allylic oxidation sites excluding steroid dienone is 15. The number of nitrogens with zero attached hydrogens (tertiary/aromatic N) is 1. The van der Waals surface area contributed by atoms with Crippen molar-refractivity contribution in [1.82, 2.24) is 5.32 Å². The number of likely N-dealkylation sites (N-methyl/N-ethyl adjacent to an activating group) is 1. The third-order valence-electron chi connectivity index (χ3n) is 15.0. The van der Waals surface area contributed by atoms with Crippen LogP contribution >= 0.6 is 7.82 Å². The van der Waals surface area contributed by atoms with Gasteiger partial charge < -0.3 is 28.5 Å². The lowest BCUT2D eigenvalue weighted by atomic mass is 10.0. The van der Waals surface area contributed by atoms with Crippen LogP contribution in [-0.4, -0.2) is 69.4 Å². The fourth-order valence-electron chi connectivity index (χ4n) is 9.63. The average molecular weight is 1180 g/mol. The predicted octanol–water partition coefficient (Wildman–Crippen LogP) is 21.3. The van der Waals surface area contributed by atoms with E-state index in [1.165, 1.54) is 154 Å². The van der Waals surface area contributed by atoms with Crippen LogP contribution in [0.15, 0.2) is 97.2 Å². The molecular weight excluding hydrogens is 1050 g/mol. The molecule has 1 N–H and O–H groups in total. The van der Waals surface area contributed by atoms with Gasteiger partial charge in [-0.1, -0.05) is 272 Å². The smallest absolute Gasteiger partial charge is 0.306 e. The van der Waals surface area contributed by atoms with E-state index in [0.29, 0.717) is 23.9 Å². The van der Waals surface area contributed by atoms with Crippen molar-refractivity contribution in [3.8, 4) is 0 Å². The Morgan fingerprint density at radius 2 is 0.735 bits per heavy atom. The van der Waals surface area contributed by atoms with Crippen LogP contribution in [-0.2, 0) is 27.9 Å². The summed E-state index contributed by atoms with van der Waals surface area (Å²) in [6, 6.07) is -0.901. The summed E-state index contributed by atoms with van der Waals surface area (Å²) in [5, 5.41) is 3.03. The van der Waals surface area contributed by atoms with Crippen molar-refractivity contribution in [1.29, 1.82) is 0 Å². The second-order valence-corrected chi connectivity index (χ2v) is 25.7. The first-order valence-electron chi connectivity index (χ1n) is 34.5. The van der Waals surface area contributed by atoms with Gasteiger partial charge in [-0.25, -0.2) is 0 Å². The number of quaternary nitrogens is 1. The molecule has 1 amide bonds. The zero-order valence-corrected chi connectivity index (χ0v) is 55.8. The van der Waals surface area contributed by atoms with Crippen LogP contribution in [0.4, 0.5) is 0 Å². The van der Waals surface area contributed by atoms with Gasteiger partial charge in [-0.2, -0.15) is 0 Å². The van der Waals surface area contributed by atoms with Crippen molar-refractivity contribution in [3.63, 3.8) is 0 Å². The fourth-order valence-corrected chi connectivity index (χ4v) is 10.4. The summed E-state index contributed by atoms with van der Waals surface area (Å²) >= 11 is 0. The van der Waals surface area contributed by atoms with E-state index < -0.39 is 26.6 Å². The summed E-state index contributed by atoms with van der Waals surface area (Å²) in [5.41, 5.74) is 0. The van der Waals surface area contributed by atoms with Crippen LogP contribution in [0.2, 0.25) is 0 Å². The third-order valence-corrected chi connectivity index (χ3v) is 16.0. The monoisotopic (exact) mass is 1180 g/mol. The number of nitrogens with one attached hydrogen (secondary N) is 1. The Morgan fingerprint density at radius 3 is 1.12 bits per heavy atom. The van der Waals surface area contributed by atoms with E-state index in [4.69, 9.17) is 13.8 Å². The Morgan fingerprint density at radius 1 is 0.422 bits per heavy atom. The molecule has 3 atom stereocenters. The highest BCUT2D eigenvalue weighted by Gasteiger charge is 2.27. The number of rotatable bonds is 62. The summed E-state index contributed by atoms with van der Waals surface area (Å²) < 4.78 is 30.4. The molecule has 0 saturated heterocycles. The Labute approximate surface area is 513 Å². The number of esters is 1. The maximum absolute atomic E-state index is 13.6. The molecule has 0 spiro atoms. The lowest BCUT2D eigenvalue weighted by Crippen LogP contribution is -2.47. The number of hydrogen-bond acceptors (Lipinski definition) is 7. The number of amides is 1. The quantitative estimate of drug-likeness (QED) is 0.0212. The topological polar surface area (TPSA) is 114 Å². The van der Waals surface area contributed by atoms with E-state index in [1.807, 2.05) is 33.3 Å². The Hall–Kier alpha value is -3.07. The lowest BCUT2D eigenvalue weighted by Gasteiger charge is -2.30. The summed E-state index contributed by atoms with van der Waals surface area (Å²) in [5.74, 6) is -0.558. The summed E-state index contributed by atoms with van der Waals surface area (Å²) in [4.78, 5) is 40.1. The fraction of sp³-hybridized carbons (Fsp3) is 0.753. The summed E-state index contributed by atoms with van der Waals surface area (Å²) in [7, 11) is 1.17. The maximum Gasteiger partial charge on any atom is 0.306 e. The molecule has 0 bridgehead atoms. The van der Waals surface area contributed by atoms with Crippen LogP contribution in [0, 0.1) is 0 Å². The molecule has 0 aliphatic rings. The first kappa shape index (κ1) is 79.9. The first-order valence-corrected chi connectivity index (χ1v) is 36.0. The van der Waals surface area contributed by atoms with Gasteiger partial charge in [0.25, 0.3) is 7.82 Å². The molecule has 0 aromatic carbocycles. The molecule has 0 aliphatic heterocycles. The Balaban J connectivity index is 5.07. The number of hydrogen-bond donors (Lipinski definition) is 1. The molecule has 9 nitrogen and oxygen atoms in total. The molecule has 0 aliphatic carbocycles. The second kappa shape index (κ2) is 62.0. The largest absolute Gasteiger partial charge is 0.756 e. The molecule has 0 rings (SSSR count). The molecule has 0 heterocycles. The average Bonchev–Trinajstić information content (AvgIpc) is 3.51. The first-order chi connectivity index (χ1) is 40.4. The van der Waals surface area contributed by atoms with E-state index in [0.717, 1.165) is 109 Å². The van der Waals surface area contributed by atoms with Gasteiger partial charge in [-0.15, -0.1) is 0 Å². The van der Waals surface area contributed by atoms with E-state index in [1.54, 1.807) is 0 Å². The molecule has 0 aromatic heterocycles. The highest BCUT2D eigenvalue weighted by molar-refractivity contribution is 7.45. The molecule has 480 valence electrons. The summed E-state index contributed by atoms with van der Waals surface area (Å²) in [6.07, 6.45) is 83.8. The molecular formula is C73H131N2O7P. The van der Waals surface area contributed by atoms with Gasteiger partial charge in [0.1, 0.15) is 19.3 Å². The minimum absolute atomic E-state index is 0.0290. The van der Waals surface area contributed by atoms with Gasteiger partial charge in [-0.3, -0.25) is 14.2 Å². The highest BCUT2D eigenvalue weighted by atomic mass is 31.2. The van der Waals surface area contributed by atoms with Gasteiger partial charge in [0.2, 0.25) is 5.91 Å².